The van der Waals surface area contributed by atoms with Gasteiger partial charge in [-0.15, -0.1) is 0 Å². The summed E-state index contributed by atoms with van der Waals surface area (Å²) >= 11 is 6.01. The molecule has 108 valence electrons. The number of H-pyrrole nitrogens is 1. The molecule has 0 saturated carbocycles. The average molecular weight is 307 g/mol. The van der Waals surface area contributed by atoms with E-state index in [9.17, 15) is 0 Å². The number of benzene rings is 2. The Labute approximate surface area is 134 Å². The summed E-state index contributed by atoms with van der Waals surface area (Å²) in [6, 6.07) is 18.5. The Morgan fingerprint density at radius 3 is 2.59 bits per heavy atom. The summed E-state index contributed by atoms with van der Waals surface area (Å²) < 4.78 is 0. The number of hydrogen-bond donors (Lipinski definition) is 2. The Balaban J connectivity index is 1.86. The van der Waals surface area contributed by atoms with Crippen LogP contribution in [-0.2, 0) is 0 Å². The lowest BCUT2D eigenvalue weighted by molar-refractivity contribution is 1.37. The highest BCUT2D eigenvalue weighted by Gasteiger charge is 2.20. The van der Waals surface area contributed by atoms with Crippen LogP contribution in [0.15, 0.2) is 60.8 Å². The smallest absolute Gasteiger partial charge is 0.0426 e. The van der Waals surface area contributed by atoms with E-state index in [0.29, 0.717) is 0 Å². The third-order valence-corrected chi connectivity index (χ3v) is 4.21. The highest BCUT2D eigenvalue weighted by Crippen LogP contribution is 2.39. The van der Waals surface area contributed by atoms with E-state index < -0.39 is 0 Å². The lowest BCUT2D eigenvalue weighted by Crippen LogP contribution is -1.91. The lowest BCUT2D eigenvalue weighted by atomic mass is 9.95. The maximum Gasteiger partial charge on any atom is 0.0426 e. The standard InChI is InChI=1S/C19H15ClN2/c20-15-8-6-13(7-9-15)17-4-1-5-18-19(17)14(12-22-18)11-16-3-2-10-21-16/h1-11,21-22H,12H2/b14-11+. The second-order valence-corrected chi connectivity index (χ2v) is 5.82. The molecule has 0 aliphatic carbocycles. The Kier molecular flexibility index (Phi) is 3.24. The summed E-state index contributed by atoms with van der Waals surface area (Å²) in [5.74, 6) is 0. The Morgan fingerprint density at radius 1 is 0.955 bits per heavy atom. The first-order chi connectivity index (χ1) is 10.8. The highest BCUT2D eigenvalue weighted by molar-refractivity contribution is 6.30. The molecule has 0 spiro atoms. The van der Waals surface area contributed by atoms with E-state index >= 15 is 0 Å². The molecule has 4 rings (SSSR count). The monoisotopic (exact) mass is 306 g/mol. The average Bonchev–Trinajstić information content (AvgIpc) is 3.19. The van der Waals surface area contributed by atoms with Crippen molar-refractivity contribution in [3.63, 3.8) is 0 Å². The van der Waals surface area contributed by atoms with E-state index in [4.69, 9.17) is 11.6 Å². The van der Waals surface area contributed by atoms with Gasteiger partial charge in [0, 0.05) is 34.7 Å². The van der Waals surface area contributed by atoms with Gasteiger partial charge in [0.05, 0.1) is 0 Å². The van der Waals surface area contributed by atoms with E-state index in [1.807, 2.05) is 24.4 Å². The normalized spacial score (nSPS) is 14.9. The number of anilines is 1. The number of aromatic amines is 1. The zero-order valence-electron chi connectivity index (χ0n) is 11.9. The first-order valence-electron chi connectivity index (χ1n) is 7.28. The summed E-state index contributed by atoms with van der Waals surface area (Å²) in [5.41, 5.74) is 7.29. The maximum atomic E-state index is 6.01. The van der Waals surface area contributed by atoms with Gasteiger partial charge in [-0.3, -0.25) is 0 Å². The second kappa shape index (κ2) is 5.39. The molecule has 0 unspecified atom stereocenters. The minimum atomic E-state index is 0.761. The van der Waals surface area contributed by atoms with Gasteiger partial charge in [-0.1, -0.05) is 35.9 Å². The number of hydrogen-bond acceptors (Lipinski definition) is 1. The molecule has 3 aromatic rings. The Bertz CT molecular complexity index is 830. The predicted molar refractivity (Wildman–Crippen MR) is 94.0 cm³/mol. The van der Waals surface area contributed by atoms with Gasteiger partial charge in [0.15, 0.2) is 0 Å². The van der Waals surface area contributed by atoms with Crippen LogP contribution in [-0.4, -0.2) is 11.5 Å². The van der Waals surface area contributed by atoms with Crippen molar-refractivity contribution in [2.24, 2.45) is 0 Å². The number of aromatic nitrogens is 1. The second-order valence-electron chi connectivity index (χ2n) is 5.38. The van der Waals surface area contributed by atoms with Crippen LogP contribution in [0.2, 0.25) is 5.02 Å². The summed E-state index contributed by atoms with van der Waals surface area (Å²) in [7, 11) is 0. The topological polar surface area (TPSA) is 27.8 Å². The van der Waals surface area contributed by atoms with Crippen LogP contribution in [0.4, 0.5) is 5.69 Å². The maximum absolute atomic E-state index is 6.01. The Hall–Kier alpha value is -2.45. The van der Waals surface area contributed by atoms with E-state index in [-0.39, 0.29) is 0 Å². The van der Waals surface area contributed by atoms with Crippen molar-refractivity contribution in [1.29, 1.82) is 0 Å². The van der Waals surface area contributed by atoms with Gasteiger partial charge < -0.3 is 10.3 Å². The fourth-order valence-electron chi connectivity index (χ4n) is 2.94. The van der Waals surface area contributed by atoms with Gasteiger partial charge in [0.2, 0.25) is 0 Å². The zero-order valence-corrected chi connectivity index (χ0v) is 12.7. The van der Waals surface area contributed by atoms with Crippen molar-refractivity contribution >= 4 is 28.9 Å². The van der Waals surface area contributed by atoms with E-state index in [0.717, 1.165) is 17.3 Å². The molecule has 2 heterocycles. The number of nitrogens with one attached hydrogen (secondary N) is 2. The van der Waals surface area contributed by atoms with Crippen LogP contribution in [0.3, 0.4) is 0 Å². The third kappa shape index (κ3) is 2.32. The first kappa shape index (κ1) is 13.2. The van der Waals surface area contributed by atoms with Gasteiger partial charge in [-0.05, 0) is 53.1 Å². The number of rotatable bonds is 2. The van der Waals surface area contributed by atoms with Gasteiger partial charge in [0.25, 0.3) is 0 Å². The van der Waals surface area contributed by atoms with Crippen molar-refractivity contribution in [3.05, 3.63) is 77.1 Å². The minimum absolute atomic E-state index is 0.761. The molecular formula is C19H15ClN2. The fraction of sp³-hybridized carbons (Fsp3) is 0.0526. The van der Waals surface area contributed by atoms with Gasteiger partial charge >= 0.3 is 0 Å². The fourth-order valence-corrected chi connectivity index (χ4v) is 3.07. The minimum Gasteiger partial charge on any atom is -0.380 e. The van der Waals surface area contributed by atoms with Crippen LogP contribution in [0.5, 0.6) is 0 Å². The van der Waals surface area contributed by atoms with Gasteiger partial charge in [0.1, 0.15) is 0 Å². The lowest BCUT2D eigenvalue weighted by Gasteiger charge is -2.09. The van der Waals surface area contributed by atoms with E-state index in [2.05, 4.69) is 52.8 Å². The van der Waals surface area contributed by atoms with Crippen LogP contribution in [0.1, 0.15) is 11.3 Å². The number of fused-ring (bicyclic) bond motifs is 1. The third-order valence-electron chi connectivity index (χ3n) is 3.96. The van der Waals surface area contributed by atoms with Crippen LogP contribution in [0, 0.1) is 0 Å². The molecule has 0 fully saturated rings. The van der Waals surface area contributed by atoms with Crippen LogP contribution in [0.25, 0.3) is 22.8 Å². The number of halogens is 1. The molecule has 3 heteroatoms. The first-order valence-corrected chi connectivity index (χ1v) is 7.66. The molecule has 2 nitrogen and oxygen atoms in total. The molecule has 1 aliphatic rings. The molecule has 22 heavy (non-hydrogen) atoms. The quantitative estimate of drug-likeness (QED) is 0.660. The van der Waals surface area contributed by atoms with Crippen molar-refractivity contribution < 1.29 is 0 Å². The van der Waals surface area contributed by atoms with Crippen molar-refractivity contribution in [1.82, 2.24) is 4.98 Å². The van der Waals surface area contributed by atoms with E-state index in [1.54, 1.807) is 0 Å². The molecule has 0 amide bonds. The van der Waals surface area contributed by atoms with Crippen molar-refractivity contribution in [3.8, 4) is 11.1 Å². The molecule has 0 radical (unpaired) electrons. The summed E-state index contributed by atoms with van der Waals surface area (Å²) in [5, 5.41) is 4.24. The van der Waals surface area contributed by atoms with Crippen molar-refractivity contribution in [2.45, 2.75) is 0 Å². The van der Waals surface area contributed by atoms with Gasteiger partial charge in [-0.25, -0.2) is 0 Å². The molecule has 1 aliphatic heterocycles. The SMILES string of the molecule is Clc1ccc(-c2cccc3c2/C(=C/c2ccc[nH]2)CN3)cc1. The molecule has 2 N–H and O–H groups in total. The largest absolute Gasteiger partial charge is 0.380 e. The van der Waals surface area contributed by atoms with Crippen LogP contribution >= 0.6 is 11.6 Å². The molecule has 0 saturated heterocycles. The summed E-state index contributed by atoms with van der Waals surface area (Å²) in [6.07, 6.45) is 4.15. The molecule has 0 bridgehead atoms. The summed E-state index contributed by atoms with van der Waals surface area (Å²) in [6.45, 7) is 0.846. The molecule has 2 aromatic carbocycles. The molecule has 0 atom stereocenters. The van der Waals surface area contributed by atoms with E-state index in [1.165, 1.54) is 28.0 Å². The molecule has 1 aromatic heterocycles. The predicted octanol–water partition coefficient (Wildman–Crippen LogP) is 5.30. The highest BCUT2D eigenvalue weighted by atomic mass is 35.5. The zero-order chi connectivity index (χ0) is 14.9. The van der Waals surface area contributed by atoms with Crippen LogP contribution < -0.4 is 5.32 Å². The van der Waals surface area contributed by atoms with Crippen molar-refractivity contribution in [2.75, 3.05) is 11.9 Å². The summed E-state index contributed by atoms with van der Waals surface area (Å²) in [4.78, 5) is 3.24. The molecular weight excluding hydrogens is 292 g/mol. The Morgan fingerprint density at radius 2 is 1.82 bits per heavy atom. The van der Waals surface area contributed by atoms with Gasteiger partial charge in [-0.2, -0.15) is 0 Å².